The molecule has 0 bridgehead atoms. The van der Waals surface area contributed by atoms with Crippen LogP contribution in [-0.2, 0) is 6.42 Å². The first-order valence-electron chi connectivity index (χ1n) is 2.96. The lowest BCUT2D eigenvalue weighted by Gasteiger charge is -1.84. The van der Waals surface area contributed by atoms with Gasteiger partial charge in [0.1, 0.15) is 0 Å². The molecule has 0 unspecified atom stereocenters. The summed E-state index contributed by atoms with van der Waals surface area (Å²) >= 11 is 1.36. The number of aryl methyl sites for hydroxylation is 1. The summed E-state index contributed by atoms with van der Waals surface area (Å²) in [6.07, 6.45) is 3.56. The molecule has 9 heavy (non-hydrogen) atoms. The topological polar surface area (TPSA) is 33.1 Å². The molecule has 1 aromatic rings. The van der Waals surface area contributed by atoms with E-state index in [-0.39, 0.29) is 0 Å². The molecule has 0 spiro atoms. The van der Waals surface area contributed by atoms with Crippen LogP contribution in [0.15, 0.2) is 6.20 Å². The third-order valence-electron chi connectivity index (χ3n) is 1.01. The van der Waals surface area contributed by atoms with Crippen LogP contribution in [0.4, 0.5) is 0 Å². The Hall–Kier alpha value is -0.570. The number of rotatable bonds is 2. The number of nitrogens with zero attached hydrogens (tertiary/aromatic N) is 1. The molecule has 1 heterocycles. The highest BCUT2D eigenvalue weighted by atomic mass is 32.1. The van der Waals surface area contributed by atoms with Crippen LogP contribution in [0.5, 0.6) is 5.06 Å². The Labute approximate surface area is 58.2 Å². The zero-order valence-electron chi connectivity index (χ0n) is 5.29. The van der Waals surface area contributed by atoms with Crippen LogP contribution in [0.3, 0.4) is 0 Å². The van der Waals surface area contributed by atoms with E-state index < -0.39 is 0 Å². The first-order chi connectivity index (χ1) is 4.33. The largest absolute Gasteiger partial charge is 0.498 e. The predicted molar refractivity (Wildman–Crippen MR) is 37.8 cm³/mol. The van der Waals surface area contributed by atoms with Crippen molar-refractivity contribution in [1.29, 1.82) is 0 Å². The molecule has 0 amide bonds. The van der Waals surface area contributed by atoms with Gasteiger partial charge in [0.2, 0.25) is 0 Å². The molecule has 3 heteroatoms. The first-order valence-corrected chi connectivity index (χ1v) is 3.78. The molecular formula is C6H9NOS. The lowest BCUT2D eigenvalue weighted by molar-refractivity contribution is 0.489. The predicted octanol–water partition coefficient (Wildman–Crippen LogP) is 1.80. The lowest BCUT2D eigenvalue weighted by atomic mass is 10.4. The fourth-order valence-corrected chi connectivity index (χ4v) is 1.39. The normalized spacial score (nSPS) is 9.89. The maximum Gasteiger partial charge on any atom is 0.191 e. The second-order valence-electron chi connectivity index (χ2n) is 1.84. The van der Waals surface area contributed by atoms with Gasteiger partial charge >= 0.3 is 0 Å². The molecule has 0 saturated carbocycles. The molecule has 0 saturated heterocycles. The van der Waals surface area contributed by atoms with Crippen LogP contribution in [0, 0.1) is 0 Å². The molecule has 0 aliphatic rings. The van der Waals surface area contributed by atoms with E-state index >= 15 is 0 Å². The highest BCUT2D eigenvalue weighted by Crippen LogP contribution is 2.19. The van der Waals surface area contributed by atoms with Crippen molar-refractivity contribution in [2.75, 3.05) is 0 Å². The number of aromatic nitrogens is 1. The third kappa shape index (κ3) is 1.68. The second kappa shape index (κ2) is 2.82. The van der Waals surface area contributed by atoms with Gasteiger partial charge in [-0.2, -0.15) is 0 Å². The van der Waals surface area contributed by atoms with Crippen molar-refractivity contribution in [3.63, 3.8) is 0 Å². The van der Waals surface area contributed by atoms with E-state index in [1.165, 1.54) is 17.5 Å². The summed E-state index contributed by atoms with van der Waals surface area (Å²) in [6.45, 7) is 2.10. The van der Waals surface area contributed by atoms with E-state index in [2.05, 4.69) is 11.9 Å². The molecule has 0 atom stereocenters. The monoisotopic (exact) mass is 143 g/mol. The van der Waals surface area contributed by atoms with Gasteiger partial charge in [0.05, 0.1) is 11.2 Å². The number of thiazole rings is 1. The third-order valence-corrected chi connectivity index (χ3v) is 1.86. The molecule has 0 fully saturated rings. The van der Waals surface area contributed by atoms with Crippen LogP contribution in [0.1, 0.15) is 18.4 Å². The maximum atomic E-state index is 8.84. The molecule has 1 N–H and O–H groups in total. The van der Waals surface area contributed by atoms with Crippen molar-refractivity contribution >= 4 is 11.3 Å². The molecule has 0 radical (unpaired) electrons. The summed E-state index contributed by atoms with van der Waals surface area (Å²) in [5.74, 6) is 0. The van der Waals surface area contributed by atoms with Gasteiger partial charge in [0.25, 0.3) is 0 Å². The van der Waals surface area contributed by atoms with Crippen molar-refractivity contribution in [1.82, 2.24) is 4.98 Å². The van der Waals surface area contributed by atoms with E-state index in [9.17, 15) is 0 Å². The van der Waals surface area contributed by atoms with Crippen LogP contribution < -0.4 is 0 Å². The zero-order valence-corrected chi connectivity index (χ0v) is 6.11. The Morgan fingerprint density at radius 2 is 2.56 bits per heavy atom. The highest BCUT2D eigenvalue weighted by Gasteiger charge is 1.96. The van der Waals surface area contributed by atoms with Gasteiger partial charge in [-0.05, 0) is 12.8 Å². The number of hydrogen-bond donors (Lipinski definition) is 1. The summed E-state index contributed by atoms with van der Waals surface area (Å²) in [4.78, 5) is 3.97. The van der Waals surface area contributed by atoms with Crippen molar-refractivity contribution in [2.24, 2.45) is 0 Å². The minimum absolute atomic E-state index is 0.318. The van der Waals surface area contributed by atoms with Crippen molar-refractivity contribution in [3.05, 3.63) is 11.2 Å². The summed E-state index contributed by atoms with van der Waals surface area (Å²) < 4.78 is 0. The quantitative estimate of drug-likeness (QED) is 0.684. The van der Waals surface area contributed by atoms with Crippen LogP contribution in [0.25, 0.3) is 0 Å². The molecular weight excluding hydrogens is 134 g/mol. The average molecular weight is 143 g/mol. The minimum Gasteiger partial charge on any atom is -0.498 e. The van der Waals surface area contributed by atoms with Gasteiger partial charge < -0.3 is 5.11 Å². The lowest BCUT2D eigenvalue weighted by Crippen LogP contribution is -1.76. The summed E-state index contributed by atoms with van der Waals surface area (Å²) in [7, 11) is 0. The Kier molecular flexibility index (Phi) is 2.05. The smallest absolute Gasteiger partial charge is 0.191 e. The molecule has 1 aromatic heterocycles. The van der Waals surface area contributed by atoms with Gasteiger partial charge in [0.15, 0.2) is 5.06 Å². The second-order valence-corrected chi connectivity index (χ2v) is 2.94. The van der Waals surface area contributed by atoms with Gasteiger partial charge in [-0.3, -0.25) is 0 Å². The molecule has 50 valence electrons. The highest BCUT2D eigenvalue weighted by molar-refractivity contribution is 7.13. The van der Waals surface area contributed by atoms with Crippen molar-refractivity contribution in [2.45, 2.75) is 19.8 Å². The van der Waals surface area contributed by atoms with E-state index in [0.29, 0.717) is 5.06 Å². The molecule has 0 aliphatic carbocycles. The molecule has 0 aliphatic heterocycles. The number of aromatic hydroxyl groups is 1. The van der Waals surface area contributed by atoms with Crippen LogP contribution in [-0.4, -0.2) is 10.1 Å². The van der Waals surface area contributed by atoms with Crippen LogP contribution >= 0.6 is 11.3 Å². The van der Waals surface area contributed by atoms with E-state index in [1.54, 1.807) is 0 Å². The van der Waals surface area contributed by atoms with Gasteiger partial charge in [-0.1, -0.05) is 18.3 Å². The summed E-state index contributed by atoms with van der Waals surface area (Å²) in [5.41, 5.74) is 0. The van der Waals surface area contributed by atoms with Gasteiger partial charge in [0, 0.05) is 0 Å². The van der Waals surface area contributed by atoms with E-state index in [1.807, 2.05) is 0 Å². The maximum absolute atomic E-state index is 8.84. The Morgan fingerprint density at radius 3 is 3.00 bits per heavy atom. The van der Waals surface area contributed by atoms with Gasteiger partial charge in [-0.15, -0.1) is 0 Å². The first kappa shape index (κ1) is 6.55. The fourth-order valence-electron chi connectivity index (χ4n) is 0.630. The Balaban J connectivity index is 2.61. The molecule has 2 nitrogen and oxygen atoms in total. The Morgan fingerprint density at radius 1 is 1.78 bits per heavy atom. The van der Waals surface area contributed by atoms with Crippen molar-refractivity contribution in [3.8, 4) is 5.06 Å². The fraction of sp³-hybridized carbons (Fsp3) is 0.500. The summed E-state index contributed by atoms with van der Waals surface area (Å²) in [5, 5.41) is 10.2. The summed E-state index contributed by atoms with van der Waals surface area (Å²) in [6, 6.07) is 0. The zero-order chi connectivity index (χ0) is 6.69. The molecule has 1 rings (SSSR count). The minimum atomic E-state index is 0.318. The van der Waals surface area contributed by atoms with E-state index in [0.717, 1.165) is 17.8 Å². The standard InChI is InChI=1S/C6H9NOS/c1-2-3-5-7-4-6(8)9-5/h4,8H,2-3H2,1H3. The Bertz CT molecular complexity index is 185. The van der Waals surface area contributed by atoms with Crippen LogP contribution in [0.2, 0.25) is 0 Å². The van der Waals surface area contributed by atoms with E-state index in [4.69, 9.17) is 5.11 Å². The SMILES string of the molecule is CCCc1ncc(O)s1. The molecule has 0 aromatic carbocycles. The van der Waals surface area contributed by atoms with Crippen molar-refractivity contribution < 1.29 is 5.11 Å². The van der Waals surface area contributed by atoms with Gasteiger partial charge in [-0.25, -0.2) is 4.98 Å². The average Bonchev–Trinajstić information content (AvgIpc) is 2.17. The number of hydrogen-bond acceptors (Lipinski definition) is 3.